The molecule has 0 atom stereocenters. The lowest BCUT2D eigenvalue weighted by molar-refractivity contribution is 0.0922. The van der Waals surface area contributed by atoms with Gasteiger partial charge in [-0.05, 0) is 19.4 Å². The average molecular weight is 316 g/mol. The number of ether oxygens (including phenoxy) is 1. The molecule has 18 heavy (non-hydrogen) atoms. The lowest BCUT2D eigenvalue weighted by Gasteiger charge is -2.08. The smallest absolute Gasteiger partial charge is 0.253 e. The molecule has 0 unspecified atom stereocenters. The highest BCUT2D eigenvalue weighted by atomic mass is 79.9. The van der Waals surface area contributed by atoms with Crippen molar-refractivity contribution in [1.29, 1.82) is 0 Å². The first kappa shape index (κ1) is 15.0. The first-order chi connectivity index (χ1) is 8.69. The number of halogens is 1. The highest BCUT2D eigenvalue weighted by molar-refractivity contribution is 9.09. The summed E-state index contributed by atoms with van der Waals surface area (Å²) in [5.74, 6) is -0.118. The van der Waals surface area contributed by atoms with Crippen LogP contribution in [0.3, 0.4) is 0 Å². The monoisotopic (exact) mass is 315 g/mol. The fourth-order valence-electron chi connectivity index (χ4n) is 1.46. The van der Waals surface area contributed by atoms with E-state index in [0.29, 0.717) is 31.7 Å². The van der Waals surface area contributed by atoms with Crippen LogP contribution < -0.4 is 5.32 Å². The Bertz CT molecular complexity index is 399. The Balaban J connectivity index is 2.52. The number of nitrogens with zero attached hydrogens (tertiary/aromatic N) is 2. The second-order valence-corrected chi connectivity index (χ2v) is 4.55. The topological polar surface area (TPSA) is 64.1 Å². The second kappa shape index (κ2) is 8.16. The van der Waals surface area contributed by atoms with Crippen molar-refractivity contribution in [3.63, 3.8) is 0 Å². The summed E-state index contributed by atoms with van der Waals surface area (Å²) < 4.78 is 5.26. The Hall–Kier alpha value is -1.01. The maximum atomic E-state index is 12.0. The normalized spacial score (nSPS) is 10.4. The average Bonchev–Trinajstić information content (AvgIpc) is 2.38. The number of carbonyl (C=O) groups excluding carboxylic acids is 1. The lowest BCUT2D eigenvalue weighted by atomic mass is 10.1. The van der Waals surface area contributed by atoms with Gasteiger partial charge in [-0.1, -0.05) is 22.9 Å². The number of amides is 1. The van der Waals surface area contributed by atoms with Gasteiger partial charge in [0, 0.05) is 11.9 Å². The molecular weight excluding hydrogens is 298 g/mol. The highest BCUT2D eigenvalue weighted by Crippen LogP contribution is 2.07. The molecule has 0 saturated heterocycles. The molecule has 0 radical (unpaired) electrons. The van der Waals surface area contributed by atoms with Crippen LogP contribution >= 0.6 is 15.9 Å². The second-order valence-electron chi connectivity index (χ2n) is 3.76. The molecule has 0 bridgehead atoms. The molecule has 5 nitrogen and oxygen atoms in total. The molecule has 1 heterocycles. The number of nitrogens with one attached hydrogen (secondary N) is 1. The van der Waals surface area contributed by atoms with Crippen LogP contribution in [0.5, 0.6) is 0 Å². The van der Waals surface area contributed by atoms with Gasteiger partial charge in [-0.2, -0.15) is 10.2 Å². The third-order valence-electron chi connectivity index (χ3n) is 2.33. The van der Waals surface area contributed by atoms with E-state index in [4.69, 9.17) is 4.74 Å². The fourth-order valence-corrected chi connectivity index (χ4v) is 1.69. The van der Waals surface area contributed by atoms with Gasteiger partial charge in [0.05, 0.1) is 30.2 Å². The van der Waals surface area contributed by atoms with Crippen LogP contribution in [0.25, 0.3) is 0 Å². The molecule has 1 rings (SSSR count). The van der Waals surface area contributed by atoms with Crippen LogP contribution in [0, 0.1) is 6.92 Å². The summed E-state index contributed by atoms with van der Waals surface area (Å²) in [4.78, 5) is 12.0. The van der Waals surface area contributed by atoms with E-state index >= 15 is 0 Å². The van der Waals surface area contributed by atoms with Gasteiger partial charge in [0.15, 0.2) is 0 Å². The zero-order chi connectivity index (χ0) is 13.4. The maximum absolute atomic E-state index is 12.0. The summed E-state index contributed by atoms with van der Waals surface area (Å²) in [5, 5.41) is 11.6. The van der Waals surface area contributed by atoms with Crippen molar-refractivity contribution < 1.29 is 9.53 Å². The minimum Gasteiger partial charge on any atom is -0.379 e. The van der Waals surface area contributed by atoms with Gasteiger partial charge >= 0.3 is 0 Å². The summed E-state index contributed by atoms with van der Waals surface area (Å²) in [6, 6.07) is 1.76. The summed E-state index contributed by atoms with van der Waals surface area (Å²) in [7, 11) is 0. The number of alkyl halides is 1. The van der Waals surface area contributed by atoms with E-state index in [1.165, 1.54) is 0 Å². The molecule has 0 aliphatic heterocycles. The molecule has 0 saturated carbocycles. The van der Waals surface area contributed by atoms with Crippen LogP contribution in [-0.2, 0) is 11.2 Å². The molecule has 6 heteroatoms. The lowest BCUT2D eigenvalue weighted by Crippen LogP contribution is -2.28. The quantitative estimate of drug-likeness (QED) is 0.611. The molecule has 1 aromatic heterocycles. The fraction of sp³-hybridized carbons (Fsp3) is 0.583. The first-order valence-corrected chi connectivity index (χ1v) is 7.06. The van der Waals surface area contributed by atoms with E-state index < -0.39 is 0 Å². The molecule has 0 fully saturated rings. The molecule has 0 aromatic carbocycles. The van der Waals surface area contributed by atoms with Gasteiger partial charge < -0.3 is 10.1 Å². The molecule has 0 aliphatic carbocycles. The van der Waals surface area contributed by atoms with Gasteiger partial charge in [-0.3, -0.25) is 4.79 Å². The molecule has 1 aromatic rings. The SMILES string of the molecule is CCc1nnc(C)cc1C(=O)NCCOCCBr. The Kier molecular flexibility index (Phi) is 6.82. The molecule has 100 valence electrons. The number of hydrogen-bond donors (Lipinski definition) is 1. The molecule has 1 amide bonds. The van der Waals surface area contributed by atoms with E-state index in [1.54, 1.807) is 6.07 Å². The van der Waals surface area contributed by atoms with Crippen molar-refractivity contribution in [3.05, 3.63) is 23.0 Å². The number of rotatable bonds is 7. The molecule has 1 N–H and O–H groups in total. The number of carbonyl (C=O) groups is 1. The minimum absolute atomic E-state index is 0.118. The van der Waals surface area contributed by atoms with E-state index in [2.05, 4.69) is 31.4 Å². The van der Waals surface area contributed by atoms with Crippen molar-refractivity contribution in [3.8, 4) is 0 Å². The standard InChI is InChI=1S/C12H18BrN3O2/c1-3-11-10(8-9(2)15-16-11)12(17)14-5-7-18-6-4-13/h8H,3-7H2,1-2H3,(H,14,17). The Morgan fingerprint density at radius 1 is 1.44 bits per heavy atom. The number of hydrogen-bond acceptors (Lipinski definition) is 4. The van der Waals surface area contributed by atoms with Gasteiger partial charge in [-0.15, -0.1) is 0 Å². The summed E-state index contributed by atoms with van der Waals surface area (Å²) in [6.45, 7) is 5.43. The first-order valence-electron chi connectivity index (χ1n) is 5.94. The van der Waals surface area contributed by atoms with Crippen LogP contribution in [0.4, 0.5) is 0 Å². The van der Waals surface area contributed by atoms with Gasteiger partial charge in [0.1, 0.15) is 0 Å². The van der Waals surface area contributed by atoms with Crippen molar-refractivity contribution in [2.45, 2.75) is 20.3 Å². The van der Waals surface area contributed by atoms with Gasteiger partial charge in [0.2, 0.25) is 0 Å². The number of aryl methyl sites for hydroxylation is 2. The van der Waals surface area contributed by atoms with Crippen LogP contribution in [0.1, 0.15) is 28.7 Å². The van der Waals surface area contributed by atoms with Crippen LogP contribution in [0.15, 0.2) is 6.07 Å². The molecule has 0 spiro atoms. The largest absolute Gasteiger partial charge is 0.379 e. The van der Waals surface area contributed by atoms with Crippen molar-refractivity contribution in [2.75, 3.05) is 25.1 Å². The summed E-state index contributed by atoms with van der Waals surface area (Å²) in [6.07, 6.45) is 0.691. The Morgan fingerprint density at radius 2 is 2.22 bits per heavy atom. The third-order valence-corrected chi connectivity index (χ3v) is 2.65. The zero-order valence-corrected chi connectivity index (χ0v) is 12.3. The molecular formula is C12H18BrN3O2. The van der Waals surface area contributed by atoms with Gasteiger partial charge in [0.25, 0.3) is 5.91 Å². The Morgan fingerprint density at radius 3 is 2.89 bits per heavy atom. The number of aromatic nitrogens is 2. The van der Waals surface area contributed by atoms with Gasteiger partial charge in [-0.25, -0.2) is 0 Å². The van der Waals surface area contributed by atoms with E-state index in [9.17, 15) is 4.79 Å². The van der Waals surface area contributed by atoms with Crippen LogP contribution in [-0.4, -0.2) is 41.2 Å². The zero-order valence-electron chi connectivity index (χ0n) is 10.7. The maximum Gasteiger partial charge on any atom is 0.253 e. The van der Waals surface area contributed by atoms with E-state index in [-0.39, 0.29) is 5.91 Å². The summed E-state index contributed by atoms with van der Waals surface area (Å²) >= 11 is 3.27. The third kappa shape index (κ3) is 4.70. The minimum atomic E-state index is -0.118. The Labute approximate surface area is 115 Å². The predicted molar refractivity (Wildman–Crippen MR) is 73.1 cm³/mol. The van der Waals surface area contributed by atoms with Crippen molar-refractivity contribution in [1.82, 2.24) is 15.5 Å². The van der Waals surface area contributed by atoms with Crippen molar-refractivity contribution >= 4 is 21.8 Å². The molecule has 0 aliphatic rings. The highest BCUT2D eigenvalue weighted by Gasteiger charge is 2.12. The van der Waals surface area contributed by atoms with Crippen LogP contribution in [0.2, 0.25) is 0 Å². The summed E-state index contributed by atoms with van der Waals surface area (Å²) in [5.41, 5.74) is 2.07. The predicted octanol–water partition coefficient (Wildman–Crippen LogP) is 1.49. The van der Waals surface area contributed by atoms with E-state index in [1.807, 2.05) is 13.8 Å². The van der Waals surface area contributed by atoms with Crippen molar-refractivity contribution in [2.24, 2.45) is 0 Å². The van der Waals surface area contributed by atoms with E-state index in [0.717, 1.165) is 16.7 Å².